The zero-order valence-electron chi connectivity index (χ0n) is 5.82. The number of benzene rings is 1. The summed E-state index contributed by atoms with van der Waals surface area (Å²) < 4.78 is 4.77. The van der Waals surface area contributed by atoms with Crippen molar-refractivity contribution in [2.45, 2.75) is 0 Å². The van der Waals surface area contributed by atoms with E-state index in [2.05, 4.69) is 0 Å². The Morgan fingerprint density at radius 1 is 1.08 bits per heavy atom. The molecule has 68 valence electrons. The summed E-state index contributed by atoms with van der Waals surface area (Å²) in [5.74, 6) is 0.331. The molecule has 12 heavy (non-hydrogen) atoms. The molecule has 0 saturated carbocycles. The van der Waals surface area contributed by atoms with Gasteiger partial charge >= 0.3 is 84.3 Å². The first kappa shape index (κ1) is 10.4. The number of rotatable bonds is 2. The molecule has 0 unspecified atom stereocenters. The summed E-state index contributed by atoms with van der Waals surface area (Å²) in [4.78, 5) is 9.14. The van der Waals surface area contributed by atoms with Crippen molar-refractivity contribution in [1.82, 2.24) is 0 Å². The van der Waals surface area contributed by atoms with E-state index in [4.69, 9.17) is 43.1 Å². The average molecular weight is 247 g/mol. The van der Waals surface area contributed by atoms with Crippen LogP contribution in [-0.2, 0) is 0 Å². The molecule has 0 aliphatic rings. The fourth-order valence-electron chi connectivity index (χ4n) is 0.648. The second-order valence-corrected chi connectivity index (χ2v) is 10.9. The molecule has 0 saturated heterocycles. The van der Waals surface area contributed by atoms with E-state index in [0.717, 1.165) is 0 Å². The van der Waals surface area contributed by atoms with Crippen molar-refractivity contribution in [2.75, 3.05) is 0 Å². The quantitative estimate of drug-likeness (QED) is 0.803. The van der Waals surface area contributed by atoms with Gasteiger partial charge in [0.1, 0.15) is 0 Å². The van der Waals surface area contributed by atoms with Crippen LogP contribution in [0.5, 0.6) is 5.75 Å². The molecule has 0 fully saturated rings. The number of hydrogen-bond acceptors (Lipinski definition) is 2. The predicted molar refractivity (Wildman–Crippen MR) is 53.8 cm³/mol. The summed E-state index contributed by atoms with van der Waals surface area (Å²) in [6.07, 6.45) is 0. The van der Waals surface area contributed by atoms with Gasteiger partial charge < -0.3 is 0 Å². The van der Waals surface area contributed by atoms with E-state index in [0.29, 0.717) is 5.75 Å². The Morgan fingerprint density at radius 2 is 1.58 bits per heavy atom. The van der Waals surface area contributed by atoms with Crippen LogP contribution in [0.2, 0.25) is 0 Å². The summed E-state index contributed by atoms with van der Waals surface area (Å²) in [7, 11) is 0. The van der Waals surface area contributed by atoms with Crippen LogP contribution < -0.4 is 4.52 Å². The Morgan fingerprint density at radius 3 is 2.00 bits per heavy atom. The molecule has 1 N–H and O–H groups in total. The fourth-order valence-corrected chi connectivity index (χ4v) is 1.82. The minimum atomic E-state index is -4.44. The van der Waals surface area contributed by atoms with Gasteiger partial charge in [0.25, 0.3) is 0 Å². The van der Waals surface area contributed by atoms with Gasteiger partial charge in [-0.25, -0.2) is 0 Å². The van der Waals surface area contributed by atoms with Crippen molar-refractivity contribution in [3.05, 3.63) is 30.3 Å². The van der Waals surface area contributed by atoms with E-state index < -0.39 is 5.12 Å². The zero-order valence-corrected chi connectivity index (χ0v) is 8.99. The monoisotopic (exact) mass is 246 g/mol. The summed E-state index contributed by atoms with van der Waals surface area (Å²) in [5.41, 5.74) is 0. The van der Waals surface area contributed by atoms with Gasteiger partial charge in [-0.2, -0.15) is 0 Å². The molecule has 6 heteroatoms. The van der Waals surface area contributed by atoms with Crippen LogP contribution in [0.3, 0.4) is 0 Å². The van der Waals surface area contributed by atoms with E-state index in [-0.39, 0.29) is 0 Å². The SMILES string of the molecule is OP(Cl)(Cl)(Cl)Oc1ccccc1. The van der Waals surface area contributed by atoms with Gasteiger partial charge in [0.05, 0.1) is 0 Å². The summed E-state index contributed by atoms with van der Waals surface area (Å²) in [6.45, 7) is 0. The molecular formula is C6H6Cl3O2P. The van der Waals surface area contributed by atoms with E-state index in [1.54, 1.807) is 30.3 Å². The van der Waals surface area contributed by atoms with Crippen LogP contribution in [0.1, 0.15) is 0 Å². The van der Waals surface area contributed by atoms with Gasteiger partial charge in [-0.1, -0.05) is 0 Å². The molecule has 0 aromatic heterocycles. The fraction of sp³-hybridized carbons (Fsp3) is 0. The van der Waals surface area contributed by atoms with Gasteiger partial charge in [-0.15, -0.1) is 0 Å². The van der Waals surface area contributed by atoms with Crippen molar-refractivity contribution >= 4 is 38.8 Å². The van der Waals surface area contributed by atoms with Crippen LogP contribution in [-0.4, -0.2) is 4.89 Å². The van der Waals surface area contributed by atoms with Gasteiger partial charge in [-0.05, 0) is 0 Å². The van der Waals surface area contributed by atoms with E-state index in [9.17, 15) is 0 Å². The van der Waals surface area contributed by atoms with Crippen molar-refractivity contribution in [2.24, 2.45) is 0 Å². The minimum absolute atomic E-state index is 0.331. The second-order valence-electron chi connectivity index (χ2n) is 2.11. The molecule has 0 aliphatic heterocycles. The molecule has 0 aliphatic carbocycles. The van der Waals surface area contributed by atoms with Gasteiger partial charge in [0, 0.05) is 0 Å². The molecule has 0 amide bonds. The molecular weight excluding hydrogens is 241 g/mol. The molecule has 2 nitrogen and oxygen atoms in total. The van der Waals surface area contributed by atoms with Gasteiger partial charge in [-0.3, -0.25) is 0 Å². The Labute approximate surface area is 84.5 Å². The standard InChI is InChI=1S/C6H6Cl3O2P/c7-12(8,9,10)11-6-4-2-1-3-5-6/h1-5,10H. The van der Waals surface area contributed by atoms with E-state index in [1.807, 2.05) is 0 Å². The Kier molecular flexibility index (Phi) is 2.77. The van der Waals surface area contributed by atoms with Crippen molar-refractivity contribution in [3.63, 3.8) is 0 Å². The maximum atomic E-state index is 9.14. The van der Waals surface area contributed by atoms with Crippen LogP contribution in [0.25, 0.3) is 0 Å². The normalized spacial score (nSPS) is 14.8. The van der Waals surface area contributed by atoms with Gasteiger partial charge in [0.15, 0.2) is 0 Å². The summed E-state index contributed by atoms with van der Waals surface area (Å²) in [5, 5.41) is -4.44. The average Bonchev–Trinajstić information content (AvgIpc) is 1.83. The third kappa shape index (κ3) is 4.34. The first-order valence-electron chi connectivity index (χ1n) is 3.00. The number of para-hydroxylation sites is 1. The number of hydrogen-bond donors (Lipinski definition) is 1. The summed E-state index contributed by atoms with van der Waals surface area (Å²) >= 11 is 16.0. The maximum absolute atomic E-state index is 9.14. The molecule has 0 bridgehead atoms. The Balaban J connectivity index is 2.79. The topological polar surface area (TPSA) is 29.5 Å². The summed E-state index contributed by atoms with van der Waals surface area (Å²) in [6, 6.07) is 8.38. The van der Waals surface area contributed by atoms with Crippen LogP contribution in [0, 0.1) is 0 Å². The van der Waals surface area contributed by atoms with Crippen molar-refractivity contribution in [1.29, 1.82) is 0 Å². The van der Waals surface area contributed by atoms with Crippen LogP contribution in [0.4, 0.5) is 0 Å². The van der Waals surface area contributed by atoms with Crippen molar-refractivity contribution in [3.8, 4) is 5.75 Å². The van der Waals surface area contributed by atoms with E-state index >= 15 is 0 Å². The molecule has 1 aromatic rings. The van der Waals surface area contributed by atoms with Crippen LogP contribution in [0.15, 0.2) is 30.3 Å². The van der Waals surface area contributed by atoms with Crippen LogP contribution >= 0.6 is 38.8 Å². The predicted octanol–water partition coefficient (Wildman–Crippen LogP) is 3.90. The third-order valence-corrected chi connectivity index (χ3v) is 2.11. The molecule has 0 atom stereocenters. The Bertz CT molecular complexity index is 260. The molecule has 1 aromatic carbocycles. The Hall–Kier alpha value is 0.280. The molecule has 0 spiro atoms. The number of halogens is 3. The molecule has 0 radical (unpaired) electrons. The van der Waals surface area contributed by atoms with Gasteiger partial charge in [0.2, 0.25) is 0 Å². The first-order valence-corrected chi connectivity index (χ1v) is 7.83. The van der Waals surface area contributed by atoms with Crippen molar-refractivity contribution < 1.29 is 9.42 Å². The van der Waals surface area contributed by atoms with E-state index in [1.165, 1.54) is 0 Å². The second kappa shape index (κ2) is 3.21. The third-order valence-electron chi connectivity index (χ3n) is 0.993. The molecule has 1 rings (SSSR count). The zero-order chi connectivity index (χ0) is 9.27. The first-order chi connectivity index (χ1) is 5.33. The molecule has 0 heterocycles.